The molecule has 2 rings (SSSR count). The normalized spacial score (nSPS) is 12.1. The van der Waals surface area contributed by atoms with Crippen LogP contribution in [0.15, 0.2) is 46.9 Å². The van der Waals surface area contributed by atoms with Gasteiger partial charge in [-0.1, -0.05) is 39.7 Å². The third-order valence-corrected chi connectivity index (χ3v) is 3.84. The molecule has 0 bridgehead atoms. The SMILES string of the molecule is NC(Cc1cccc(Br)c1)Cc1cc(Cl)ccc1[N+](=O)[O-]. The second-order valence-corrected chi connectivity index (χ2v) is 6.18. The van der Waals surface area contributed by atoms with Crippen molar-refractivity contribution in [1.82, 2.24) is 0 Å². The number of nitro groups is 1. The number of hydrogen-bond donors (Lipinski definition) is 1. The van der Waals surface area contributed by atoms with Crippen LogP contribution >= 0.6 is 27.5 Å². The predicted molar refractivity (Wildman–Crippen MR) is 87.6 cm³/mol. The Balaban J connectivity index is 2.14. The van der Waals surface area contributed by atoms with Gasteiger partial charge in [-0.15, -0.1) is 0 Å². The fourth-order valence-electron chi connectivity index (χ4n) is 2.22. The molecule has 2 N–H and O–H groups in total. The maximum Gasteiger partial charge on any atom is 0.272 e. The number of nitrogens with zero attached hydrogens (tertiary/aromatic N) is 1. The Bertz CT molecular complexity index is 664. The lowest BCUT2D eigenvalue weighted by atomic mass is 9.99. The number of hydrogen-bond acceptors (Lipinski definition) is 3. The molecule has 0 aliphatic heterocycles. The second-order valence-electron chi connectivity index (χ2n) is 4.83. The lowest BCUT2D eigenvalue weighted by molar-refractivity contribution is -0.385. The first kappa shape index (κ1) is 15.9. The van der Waals surface area contributed by atoms with Gasteiger partial charge >= 0.3 is 0 Å². The average Bonchev–Trinajstić information content (AvgIpc) is 2.38. The van der Waals surface area contributed by atoms with Crippen LogP contribution in [0.25, 0.3) is 0 Å². The van der Waals surface area contributed by atoms with E-state index in [0.717, 1.165) is 10.0 Å². The van der Waals surface area contributed by atoms with E-state index < -0.39 is 4.92 Å². The molecule has 0 amide bonds. The molecule has 110 valence electrons. The summed E-state index contributed by atoms with van der Waals surface area (Å²) in [5, 5.41) is 11.5. The first-order valence-corrected chi connectivity index (χ1v) is 7.55. The molecule has 0 aliphatic carbocycles. The molecule has 21 heavy (non-hydrogen) atoms. The highest BCUT2D eigenvalue weighted by Crippen LogP contribution is 2.24. The van der Waals surface area contributed by atoms with Gasteiger partial charge in [0, 0.05) is 27.2 Å². The lowest BCUT2D eigenvalue weighted by Crippen LogP contribution is -2.25. The molecule has 1 unspecified atom stereocenters. The first-order chi connectivity index (χ1) is 9.95. The van der Waals surface area contributed by atoms with Crippen molar-refractivity contribution in [3.8, 4) is 0 Å². The number of nitro benzene ring substituents is 1. The van der Waals surface area contributed by atoms with Crippen LogP contribution in [-0.4, -0.2) is 11.0 Å². The monoisotopic (exact) mass is 368 g/mol. The van der Waals surface area contributed by atoms with Crippen molar-refractivity contribution in [2.24, 2.45) is 5.73 Å². The summed E-state index contributed by atoms with van der Waals surface area (Å²) in [6.07, 6.45) is 1.05. The van der Waals surface area contributed by atoms with Gasteiger partial charge in [-0.25, -0.2) is 0 Å². The predicted octanol–water partition coefficient (Wildman–Crippen LogP) is 4.12. The highest BCUT2D eigenvalue weighted by Gasteiger charge is 2.17. The quantitative estimate of drug-likeness (QED) is 0.636. The van der Waals surface area contributed by atoms with Crippen LogP contribution in [0.2, 0.25) is 5.02 Å². The van der Waals surface area contributed by atoms with Crippen LogP contribution in [0.3, 0.4) is 0 Å². The van der Waals surface area contributed by atoms with Crippen molar-refractivity contribution >= 4 is 33.2 Å². The molecule has 2 aromatic rings. The minimum atomic E-state index is -0.405. The molecular weight excluding hydrogens is 356 g/mol. The molecule has 0 spiro atoms. The molecule has 0 aliphatic rings. The number of halogens is 2. The summed E-state index contributed by atoms with van der Waals surface area (Å²) in [6.45, 7) is 0. The largest absolute Gasteiger partial charge is 0.327 e. The summed E-state index contributed by atoms with van der Waals surface area (Å²) in [6, 6.07) is 12.2. The van der Waals surface area contributed by atoms with Crippen molar-refractivity contribution in [3.05, 3.63) is 73.2 Å². The van der Waals surface area contributed by atoms with Crippen LogP contribution in [0.4, 0.5) is 5.69 Å². The Labute approximate surface area is 136 Å². The fourth-order valence-corrected chi connectivity index (χ4v) is 2.86. The molecule has 0 radical (unpaired) electrons. The molecule has 0 saturated heterocycles. The van der Waals surface area contributed by atoms with E-state index in [-0.39, 0.29) is 11.7 Å². The minimum Gasteiger partial charge on any atom is -0.327 e. The van der Waals surface area contributed by atoms with Crippen LogP contribution in [0.5, 0.6) is 0 Å². The number of nitrogens with two attached hydrogens (primary N) is 1. The van der Waals surface area contributed by atoms with Gasteiger partial charge < -0.3 is 5.73 Å². The lowest BCUT2D eigenvalue weighted by Gasteiger charge is -2.12. The summed E-state index contributed by atoms with van der Waals surface area (Å²) in [4.78, 5) is 10.6. The van der Waals surface area contributed by atoms with Crippen molar-refractivity contribution < 1.29 is 4.92 Å². The second kappa shape index (κ2) is 7.02. The van der Waals surface area contributed by atoms with Gasteiger partial charge in [0.2, 0.25) is 0 Å². The van der Waals surface area contributed by atoms with Gasteiger partial charge in [0.05, 0.1) is 4.92 Å². The maximum absolute atomic E-state index is 11.0. The molecular formula is C15H14BrClN2O2. The van der Waals surface area contributed by atoms with E-state index in [1.54, 1.807) is 6.07 Å². The van der Waals surface area contributed by atoms with E-state index >= 15 is 0 Å². The van der Waals surface area contributed by atoms with Crippen LogP contribution in [0.1, 0.15) is 11.1 Å². The Morgan fingerprint density at radius 3 is 2.67 bits per heavy atom. The first-order valence-electron chi connectivity index (χ1n) is 6.38. The Hall–Kier alpha value is -1.43. The molecule has 2 aromatic carbocycles. The van der Waals surface area contributed by atoms with Crippen molar-refractivity contribution in [3.63, 3.8) is 0 Å². The minimum absolute atomic E-state index is 0.0593. The van der Waals surface area contributed by atoms with E-state index in [9.17, 15) is 10.1 Å². The Kier molecular flexibility index (Phi) is 5.33. The van der Waals surface area contributed by atoms with E-state index in [0.29, 0.717) is 23.4 Å². The molecule has 6 heteroatoms. The van der Waals surface area contributed by atoms with Gasteiger partial charge in [0.1, 0.15) is 0 Å². The topological polar surface area (TPSA) is 69.2 Å². The van der Waals surface area contributed by atoms with Gasteiger partial charge in [-0.3, -0.25) is 10.1 Å². The summed E-state index contributed by atoms with van der Waals surface area (Å²) in [7, 11) is 0. The highest BCUT2D eigenvalue weighted by atomic mass is 79.9. The van der Waals surface area contributed by atoms with Crippen molar-refractivity contribution in [2.75, 3.05) is 0 Å². The molecule has 0 saturated carbocycles. The molecule has 4 nitrogen and oxygen atoms in total. The van der Waals surface area contributed by atoms with Crippen molar-refractivity contribution in [2.45, 2.75) is 18.9 Å². The zero-order valence-corrected chi connectivity index (χ0v) is 13.5. The van der Waals surface area contributed by atoms with Gasteiger partial charge in [-0.2, -0.15) is 0 Å². The van der Waals surface area contributed by atoms with E-state index in [1.807, 2.05) is 24.3 Å². The van der Waals surface area contributed by atoms with E-state index in [4.69, 9.17) is 17.3 Å². The summed E-state index contributed by atoms with van der Waals surface area (Å²) >= 11 is 9.33. The van der Waals surface area contributed by atoms with Gasteiger partial charge in [0.15, 0.2) is 0 Å². The van der Waals surface area contributed by atoms with Gasteiger partial charge in [-0.05, 0) is 42.7 Å². The summed E-state index contributed by atoms with van der Waals surface area (Å²) in [5.74, 6) is 0. The van der Waals surface area contributed by atoms with E-state index in [2.05, 4.69) is 15.9 Å². The summed E-state index contributed by atoms with van der Waals surface area (Å²) in [5.41, 5.74) is 7.83. The molecule has 1 atom stereocenters. The average molecular weight is 370 g/mol. The summed E-state index contributed by atoms with van der Waals surface area (Å²) < 4.78 is 0.987. The number of rotatable bonds is 5. The van der Waals surface area contributed by atoms with Crippen LogP contribution in [-0.2, 0) is 12.8 Å². The zero-order valence-electron chi connectivity index (χ0n) is 11.1. The Morgan fingerprint density at radius 2 is 2.00 bits per heavy atom. The van der Waals surface area contributed by atoms with Crippen LogP contribution < -0.4 is 5.73 Å². The third-order valence-electron chi connectivity index (χ3n) is 3.11. The van der Waals surface area contributed by atoms with Crippen molar-refractivity contribution in [1.29, 1.82) is 0 Å². The molecule has 0 heterocycles. The maximum atomic E-state index is 11.0. The molecule has 0 aromatic heterocycles. The smallest absolute Gasteiger partial charge is 0.272 e. The van der Waals surface area contributed by atoms with Crippen LogP contribution in [0, 0.1) is 10.1 Å². The van der Waals surface area contributed by atoms with Gasteiger partial charge in [0.25, 0.3) is 5.69 Å². The Morgan fingerprint density at radius 1 is 1.24 bits per heavy atom. The van der Waals surface area contributed by atoms with E-state index in [1.165, 1.54) is 12.1 Å². The molecule has 0 fully saturated rings. The highest BCUT2D eigenvalue weighted by molar-refractivity contribution is 9.10. The third kappa shape index (κ3) is 4.52. The zero-order chi connectivity index (χ0) is 15.4. The fraction of sp³-hybridized carbons (Fsp3) is 0.200. The number of benzene rings is 2. The standard InChI is InChI=1S/C15H14BrClN2O2/c16-12-3-1-2-10(6-12)7-14(18)9-11-8-13(17)4-5-15(11)19(20)21/h1-6,8,14H,7,9,18H2.